The molecule has 0 aromatic rings. The monoisotopic (exact) mass is 272 g/mol. The average Bonchev–Trinajstić information content (AvgIpc) is 2.73. The van der Waals surface area contributed by atoms with E-state index in [1.165, 1.54) is 0 Å². The minimum absolute atomic E-state index is 0.0584. The average molecular weight is 272 g/mol. The van der Waals surface area contributed by atoms with Crippen molar-refractivity contribution in [3.05, 3.63) is 0 Å². The van der Waals surface area contributed by atoms with E-state index in [4.69, 9.17) is 10.2 Å². The van der Waals surface area contributed by atoms with Gasteiger partial charge < -0.3 is 20.8 Å². The van der Waals surface area contributed by atoms with Crippen molar-refractivity contribution in [2.24, 2.45) is 5.41 Å². The molecule has 0 unspecified atom stereocenters. The SMILES string of the molecule is CC1(CNC(=O)N[C@@H](CC(=O)O)C(=O)O)CCCC1. The van der Waals surface area contributed by atoms with Gasteiger partial charge >= 0.3 is 18.0 Å². The van der Waals surface area contributed by atoms with Crippen LogP contribution < -0.4 is 10.6 Å². The van der Waals surface area contributed by atoms with Crippen LogP contribution in [0.2, 0.25) is 0 Å². The summed E-state index contributed by atoms with van der Waals surface area (Å²) in [5.74, 6) is -2.62. The van der Waals surface area contributed by atoms with Crippen molar-refractivity contribution in [2.75, 3.05) is 6.54 Å². The standard InChI is InChI=1S/C12H20N2O5/c1-12(4-2-3-5-12)7-13-11(19)14-8(10(17)18)6-9(15)16/h8H,2-7H2,1H3,(H,15,16)(H,17,18)(H2,13,14,19)/t8-/m0/s1. The first-order valence-corrected chi connectivity index (χ1v) is 6.31. The van der Waals surface area contributed by atoms with Crippen LogP contribution >= 0.6 is 0 Å². The second-order valence-corrected chi connectivity index (χ2v) is 5.33. The molecule has 0 aromatic carbocycles. The van der Waals surface area contributed by atoms with Crippen molar-refractivity contribution < 1.29 is 24.6 Å². The third kappa shape index (κ3) is 5.15. The molecule has 7 heteroatoms. The Morgan fingerprint density at radius 3 is 2.26 bits per heavy atom. The Labute approximate surface area is 111 Å². The summed E-state index contributed by atoms with van der Waals surface area (Å²) >= 11 is 0. The summed E-state index contributed by atoms with van der Waals surface area (Å²) in [6.45, 7) is 2.55. The number of carboxylic acids is 2. The van der Waals surface area contributed by atoms with E-state index in [2.05, 4.69) is 17.6 Å². The number of carbonyl (C=O) groups excluding carboxylic acids is 1. The van der Waals surface area contributed by atoms with Crippen molar-refractivity contribution in [2.45, 2.75) is 45.1 Å². The molecule has 1 atom stereocenters. The third-order valence-corrected chi connectivity index (χ3v) is 3.47. The normalized spacial score (nSPS) is 18.6. The number of urea groups is 1. The van der Waals surface area contributed by atoms with Gasteiger partial charge in [0.1, 0.15) is 6.04 Å². The summed E-state index contributed by atoms with van der Waals surface area (Å²) in [5.41, 5.74) is 0.0584. The molecule has 2 amide bonds. The predicted octanol–water partition coefficient (Wildman–Crippen LogP) is 0.794. The van der Waals surface area contributed by atoms with Crippen molar-refractivity contribution >= 4 is 18.0 Å². The number of rotatable bonds is 6. The lowest BCUT2D eigenvalue weighted by Crippen LogP contribution is -2.48. The molecule has 1 saturated carbocycles. The van der Waals surface area contributed by atoms with Crippen molar-refractivity contribution in [3.63, 3.8) is 0 Å². The Balaban J connectivity index is 2.40. The Morgan fingerprint density at radius 2 is 1.79 bits per heavy atom. The first-order valence-electron chi connectivity index (χ1n) is 6.31. The Kier molecular flexibility index (Phi) is 5.14. The first-order chi connectivity index (χ1) is 8.82. The molecule has 1 aliphatic carbocycles. The van der Waals surface area contributed by atoms with E-state index in [-0.39, 0.29) is 5.41 Å². The molecule has 7 nitrogen and oxygen atoms in total. The van der Waals surface area contributed by atoms with Crippen LogP contribution in [0.3, 0.4) is 0 Å². The molecule has 19 heavy (non-hydrogen) atoms. The van der Waals surface area contributed by atoms with E-state index in [1.54, 1.807) is 0 Å². The number of nitrogens with one attached hydrogen (secondary N) is 2. The lowest BCUT2D eigenvalue weighted by molar-refractivity contribution is -0.145. The maximum atomic E-state index is 11.6. The Hall–Kier alpha value is -1.79. The summed E-state index contributed by atoms with van der Waals surface area (Å²) < 4.78 is 0. The summed E-state index contributed by atoms with van der Waals surface area (Å²) in [7, 11) is 0. The first kappa shape index (κ1) is 15.3. The summed E-state index contributed by atoms with van der Waals surface area (Å²) in [5, 5.41) is 22.1. The number of carbonyl (C=O) groups is 3. The van der Waals surface area contributed by atoms with E-state index in [1.807, 2.05) is 0 Å². The van der Waals surface area contributed by atoms with E-state index in [0.717, 1.165) is 25.7 Å². The number of aliphatic carboxylic acids is 2. The number of carboxylic acid groups (broad SMARTS) is 2. The fraction of sp³-hybridized carbons (Fsp3) is 0.750. The van der Waals surface area contributed by atoms with Gasteiger partial charge in [-0.2, -0.15) is 0 Å². The fourth-order valence-electron chi connectivity index (χ4n) is 2.28. The van der Waals surface area contributed by atoms with Crippen LogP contribution in [0.25, 0.3) is 0 Å². The lowest BCUT2D eigenvalue weighted by atomic mass is 9.89. The second-order valence-electron chi connectivity index (χ2n) is 5.33. The topological polar surface area (TPSA) is 116 Å². The van der Waals surface area contributed by atoms with E-state index >= 15 is 0 Å². The van der Waals surface area contributed by atoms with Crippen LogP contribution in [0.4, 0.5) is 4.79 Å². The molecule has 0 bridgehead atoms. The predicted molar refractivity (Wildman–Crippen MR) is 66.8 cm³/mol. The zero-order valence-electron chi connectivity index (χ0n) is 10.9. The Morgan fingerprint density at radius 1 is 1.21 bits per heavy atom. The molecule has 1 fully saturated rings. The van der Waals surface area contributed by atoms with Gasteiger partial charge in [-0.25, -0.2) is 9.59 Å². The van der Waals surface area contributed by atoms with E-state index < -0.39 is 30.4 Å². The minimum Gasteiger partial charge on any atom is -0.481 e. The summed E-state index contributed by atoms with van der Waals surface area (Å²) in [6.07, 6.45) is 3.70. The third-order valence-electron chi connectivity index (χ3n) is 3.47. The van der Waals surface area contributed by atoms with Crippen LogP contribution in [-0.4, -0.2) is 40.8 Å². The lowest BCUT2D eigenvalue weighted by Gasteiger charge is -2.24. The summed E-state index contributed by atoms with van der Waals surface area (Å²) in [4.78, 5) is 32.8. The van der Waals surface area contributed by atoms with Crippen molar-refractivity contribution in [1.82, 2.24) is 10.6 Å². The van der Waals surface area contributed by atoms with E-state index in [9.17, 15) is 14.4 Å². The molecule has 1 aliphatic rings. The zero-order chi connectivity index (χ0) is 14.5. The fourth-order valence-corrected chi connectivity index (χ4v) is 2.28. The molecule has 108 valence electrons. The van der Waals surface area contributed by atoms with Gasteiger partial charge in [0, 0.05) is 6.54 Å². The quantitative estimate of drug-likeness (QED) is 0.570. The highest BCUT2D eigenvalue weighted by Gasteiger charge is 2.29. The molecular weight excluding hydrogens is 252 g/mol. The van der Waals surface area contributed by atoms with Gasteiger partial charge in [-0.05, 0) is 18.3 Å². The molecular formula is C12H20N2O5. The van der Waals surface area contributed by atoms with Gasteiger partial charge in [0.25, 0.3) is 0 Å². The zero-order valence-corrected chi connectivity index (χ0v) is 10.9. The van der Waals surface area contributed by atoms with Crippen LogP contribution in [0.15, 0.2) is 0 Å². The molecule has 0 aromatic heterocycles. The highest BCUT2D eigenvalue weighted by Crippen LogP contribution is 2.36. The Bertz CT molecular complexity index is 363. The van der Waals surface area contributed by atoms with Gasteiger partial charge in [-0.15, -0.1) is 0 Å². The molecule has 1 rings (SSSR count). The van der Waals surface area contributed by atoms with Gasteiger partial charge in [0.15, 0.2) is 0 Å². The highest BCUT2D eigenvalue weighted by molar-refractivity contribution is 5.86. The summed E-state index contributed by atoms with van der Waals surface area (Å²) in [6, 6.07) is -2.05. The maximum Gasteiger partial charge on any atom is 0.326 e. The largest absolute Gasteiger partial charge is 0.481 e. The molecule has 0 heterocycles. The number of amides is 2. The minimum atomic E-state index is -1.41. The highest BCUT2D eigenvalue weighted by atomic mass is 16.4. The maximum absolute atomic E-state index is 11.6. The van der Waals surface area contributed by atoms with Gasteiger partial charge in [-0.3, -0.25) is 4.79 Å². The van der Waals surface area contributed by atoms with Crippen molar-refractivity contribution in [1.29, 1.82) is 0 Å². The smallest absolute Gasteiger partial charge is 0.326 e. The van der Waals surface area contributed by atoms with Gasteiger partial charge in [0.2, 0.25) is 0 Å². The van der Waals surface area contributed by atoms with Crippen LogP contribution in [0, 0.1) is 5.41 Å². The molecule has 0 spiro atoms. The molecule has 4 N–H and O–H groups in total. The second kappa shape index (κ2) is 6.40. The number of hydrogen-bond acceptors (Lipinski definition) is 3. The van der Waals surface area contributed by atoms with Crippen LogP contribution in [-0.2, 0) is 9.59 Å². The van der Waals surface area contributed by atoms with Crippen LogP contribution in [0.5, 0.6) is 0 Å². The van der Waals surface area contributed by atoms with Crippen molar-refractivity contribution in [3.8, 4) is 0 Å². The number of hydrogen-bond donors (Lipinski definition) is 4. The molecule has 0 radical (unpaired) electrons. The van der Waals surface area contributed by atoms with Gasteiger partial charge in [-0.1, -0.05) is 19.8 Å². The van der Waals surface area contributed by atoms with E-state index in [0.29, 0.717) is 6.54 Å². The molecule has 0 aliphatic heterocycles. The van der Waals surface area contributed by atoms with Crippen LogP contribution in [0.1, 0.15) is 39.0 Å². The van der Waals surface area contributed by atoms with Gasteiger partial charge in [0.05, 0.1) is 6.42 Å². The molecule has 0 saturated heterocycles.